The molecule has 7 heteroatoms. The van der Waals surface area contributed by atoms with Crippen LogP contribution in [0.15, 0.2) is 18.2 Å². The van der Waals surface area contributed by atoms with Crippen LogP contribution in [-0.4, -0.2) is 26.2 Å². The molecule has 17 heavy (non-hydrogen) atoms. The third kappa shape index (κ3) is 3.80. The SMILES string of the molecule is COP(=O)(CC(=O)c1ccc(Cl)cc1Cl)OC. The van der Waals surface area contributed by atoms with Crippen LogP contribution in [0.5, 0.6) is 0 Å². The largest absolute Gasteiger partial charge is 0.337 e. The second-order valence-corrected chi connectivity index (χ2v) is 6.29. The maximum absolute atomic E-state index is 11.9. The third-order valence-corrected chi connectivity index (χ3v) is 4.46. The van der Waals surface area contributed by atoms with Gasteiger partial charge in [-0.1, -0.05) is 23.2 Å². The number of benzene rings is 1. The summed E-state index contributed by atoms with van der Waals surface area (Å²) in [5, 5.41) is 0.634. The van der Waals surface area contributed by atoms with Crippen molar-refractivity contribution in [3.8, 4) is 0 Å². The Kier molecular flexibility index (Phi) is 5.17. The minimum absolute atomic E-state index is 0.209. The fraction of sp³-hybridized carbons (Fsp3) is 0.300. The van der Waals surface area contributed by atoms with Gasteiger partial charge in [0.15, 0.2) is 5.78 Å². The Balaban J connectivity index is 2.94. The molecule has 0 N–H and O–H groups in total. The van der Waals surface area contributed by atoms with Gasteiger partial charge in [0.25, 0.3) is 0 Å². The van der Waals surface area contributed by atoms with E-state index in [4.69, 9.17) is 23.2 Å². The number of carbonyl (C=O) groups excluding carboxylic acids is 1. The van der Waals surface area contributed by atoms with Crippen LogP contribution in [0.4, 0.5) is 0 Å². The van der Waals surface area contributed by atoms with Crippen LogP contribution in [0.1, 0.15) is 10.4 Å². The lowest BCUT2D eigenvalue weighted by molar-refractivity contribution is 0.101. The van der Waals surface area contributed by atoms with E-state index in [1.165, 1.54) is 32.4 Å². The first-order valence-corrected chi connectivity index (χ1v) is 7.09. The molecule has 0 saturated heterocycles. The van der Waals surface area contributed by atoms with Crippen LogP contribution in [-0.2, 0) is 13.6 Å². The van der Waals surface area contributed by atoms with E-state index < -0.39 is 13.4 Å². The lowest BCUT2D eigenvalue weighted by Crippen LogP contribution is -2.08. The number of ketones is 1. The van der Waals surface area contributed by atoms with Gasteiger partial charge in [-0.25, -0.2) is 0 Å². The highest BCUT2D eigenvalue weighted by Gasteiger charge is 2.27. The zero-order valence-corrected chi connectivity index (χ0v) is 11.7. The highest BCUT2D eigenvalue weighted by Crippen LogP contribution is 2.46. The molecule has 0 aliphatic heterocycles. The topological polar surface area (TPSA) is 52.6 Å². The number of hydrogen-bond donors (Lipinski definition) is 0. The summed E-state index contributed by atoms with van der Waals surface area (Å²) in [6.45, 7) is 0. The van der Waals surface area contributed by atoms with Gasteiger partial charge < -0.3 is 9.05 Å². The first kappa shape index (κ1) is 14.7. The Labute approximate surface area is 109 Å². The van der Waals surface area contributed by atoms with Crippen molar-refractivity contribution >= 4 is 36.6 Å². The molecule has 0 bridgehead atoms. The van der Waals surface area contributed by atoms with E-state index in [0.29, 0.717) is 5.02 Å². The Morgan fingerprint density at radius 3 is 2.35 bits per heavy atom. The predicted octanol–water partition coefficient (Wildman–Crippen LogP) is 3.66. The van der Waals surface area contributed by atoms with Crippen molar-refractivity contribution in [3.05, 3.63) is 33.8 Å². The summed E-state index contributed by atoms with van der Waals surface area (Å²) < 4.78 is 21.2. The van der Waals surface area contributed by atoms with E-state index in [2.05, 4.69) is 9.05 Å². The molecule has 0 atom stereocenters. The van der Waals surface area contributed by atoms with Gasteiger partial charge >= 0.3 is 7.60 Å². The highest BCUT2D eigenvalue weighted by molar-refractivity contribution is 7.54. The molecule has 0 aromatic heterocycles. The van der Waals surface area contributed by atoms with Crippen molar-refractivity contribution in [2.45, 2.75) is 0 Å². The van der Waals surface area contributed by atoms with Crippen molar-refractivity contribution in [2.24, 2.45) is 0 Å². The van der Waals surface area contributed by atoms with Crippen molar-refractivity contribution in [2.75, 3.05) is 20.4 Å². The summed E-state index contributed by atoms with van der Waals surface area (Å²) in [5.41, 5.74) is 0.241. The molecule has 94 valence electrons. The van der Waals surface area contributed by atoms with Crippen molar-refractivity contribution < 1.29 is 18.4 Å². The molecular weight excluding hydrogens is 286 g/mol. The van der Waals surface area contributed by atoms with Crippen LogP contribution in [0.3, 0.4) is 0 Å². The first-order chi connectivity index (χ1) is 7.91. The van der Waals surface area contributed by atoms with Gasteiger partial charge in [-0.3, -0.25) is 9.36 Å². The Morgan fingerprint density at radius 2 is 1.88 bits per heavy atom. The van der Waals surface area contributed by atoms with Gasteiger partial charge in [-0.15, -0.1) is 0 Å². The summed E-state index contributed by atoms with van der Waals surface area (Å²) in [6, 6.07) is 4.45. The van der Waals surface area contributed by atoms with Gasteiger partial charge in [-0.05, 0) is 18.2 Å². The normalized spacial score (nSPS) is 11.5. The van der Waals surface area contributed by atoms with Crippen molar-refractivity contribution in [1.29, 1.82) is 0 Å². The molecule has 1 aromatic rings. The lowest BCUT2D eigenvalue weighted by atomic mass is 10.1. The molecule has 4 nitrogen and oxygen atoms in total. The van der Waals surface area contributed by atoms with Crippen LogP contribution < -0.4 is 0 Å². The molecular formula is C10H11Cl2O4P. The molecule has 0 saturated carbocycles. The Hall–Kier alpha value is -0.380. The highest BCUT2D eigenvalue weighted by atomic mass is 35.5. The maximum Gasteiger partial charge on any atom is 0.337 e. The molecule has 1 rings (SSSR count). The van der Waals surface area contributed by atoms with E-state index in [1.807, 2.05) is 0 Å². The number of Topliss-reactive ketones (excluding diaryl/α,β-unsaturated/α-hetero) is 1. The predicted molar refractivity (Wildman–Crippen MR) is 67.3 cm³/mol. The summed E-state index contributed by atoms with van der Waals surface area (Å²) in [4.78, 5) is 11.9. The number of hydrogen-bond acceptors (Lipinski definition) is 4. The second kappa shape index (κ2) is 5.98. The number of halogens is 2. The van der Waals surface area contributed by atoms with Crippen LogP contribution >= 0.6 is 30.8 Å². The van der Waals surface area contributed by atoms with E-state index in [1.54, 1.807) is 0 Å². The zero-order chi connectivity index (χ0) is 13.1. The molecule has 1 aromatic carbocycles. The molecule has 0 radical (unpaired) electrons. The lowest BCUT2D eigenvalue weighted by Gasteiger charge is -2.12. The Bertz CT molecular complexity index is 467. The van der Waals surface area contributed by atoms with Gasteiger partial charge in [0.2, 0.25) is 0 Å². The number of rotatable bonds is 5. The van der Waals surface area contributed by atoms with Gasteiger partial charge in [-0.2, -0.15) is 0 Å². The van der Waals surface area contributed by atoms with E-state index >= 15 is 0 Å². The fourth-order valence-electron chi connectivity index (χ4n) is 1.18. The monoisotopic (exact) mass is 296 g/mol. The minimum atomic E-state index is -3.38. The number of carbonyl (C=O) groups is 1. The van der Waals surface area contributed by atoms with Gasteiger partial charge in [0, 0.05) is 24.8 Å². The van der Waals surface area contributed by atoms with Crippen LogP contribution in [0.25, 0.3) is 0 Å². The summed E-state index contributed by atoms with van der Waals surface area (Å²) in [7, 11) is -0.929. The van der Waals surface area contributed by atoms with E-state index in [0.717, 1.165) is 0 Å². The van der Waals surface area contributed by atoms with Gasteiger partial charge in [0.1, 0.15) is 6.16 Å². The summed E-state index contributed by atoms with van der Waals surface area (Å²) >= 11 is 11.6. The first-order valence-electron chi connectivity index (χ1n) is 4.60. The van der Waals surface area contributed by atoms with Crippen LogP contribution in [0.2, 0.25) is 10.0 Å². The third-order valence-electron chi connectivity index (χ3n) is 2.13. The Morgan fingerprint density at radius 1 is 1.29 bits per heavy atom. The molecule has 0 heterocycles. The standard InChI is InChI=1S/C10H11Cl2O4P/c1-15-17(14,16-2)6-10(13)8-4-3-7(11)5-9(8)12/h3-5H,6H2,1-2H3. The average molecular weight is 297 g/mol. The molecule has 0 aliphatic carbocycles. The molecule has 0 fully saturated rings. The maximum atomic E-state index is 11.9. The molecule has 0 aliphatic rings. The molecule has 0 unspecified atom stereocenters. The second-order valence-electron chi connectivity index (χ2n) is 3.18. The van der Waals surface area contributed by atoms with Crippen molar-refractivity contribution in [3.63, 3.8) is 0 Å². The zero-order valence-electron chi connectivity index (χ0n) is 9.28. The van der Waals surface area contributed by atoms with E-state index in [-0.39, 0.29) is 16.7 Å². The van der Waals surface area contributed by atoms with E-state index in [9.17, 15) is 9.36 Å². The van der Waals surface area contributed by atoms with Crippen molar-refractivity contribution in [1.82, 2.24) is 0 Å². The summed E-state index contributed by atoms with van der Waals surface area (Å²) in [6.07, 6.45) is -0.360. The molecule has 0 amide bonds. The summed E-state index contributed by atoms with van der Waals surface area (Å²) in [5.74, 6) is -0.418. The smallest absolute Gasteiger partial charge is 0.312 e. The average Bonchev–Trinajstić information content (AvgIpc) is 2.28. The fourth-order valence-corrected chi connectivity index (χ4v) is 2.62. The van der Waals surface area contributed by atoms with Gasteiger partial charge in [0.05, 0.1) is 5.02 Å². The van der Waals surface area contributed by atoms with Crippen LogP contribution in [0, 0.1) is 0 Å². The quantitative estimate of drug-likeness (QED) is 0.614. The minimum Gasteiger partial charge on any atom is -0.312 e. The molecule has 0 spiro atoms.